The van der Waals surface area contributed by atoms with Crippen LogP contribution >= 0.6 is 0 Å². The first-order valence-electron chi connectivity index (χ1n) is 29.0. The van der Waals surface area contributed by atoms with Crippen LogP contribution in [0.15, 0.2) is 122 Å². The van der Waals surface area contributed by atoms with Gasteiger partial charge in [0.15, 0.2) is 6.10 Å². The fourth-order valence-electron chi connectivity index (χ4n) is 7.58. The van der Waals surface area contributed by atoms with E-state index >= 15 is 0 Å². The number of carbonyl (C=O) groups is 3. The first-order valence-corrected chi connectivity index (χ1v) is 29.0. The molecule has 0 bridgehead atoms. The van der Waals surface area contributed by atoms with Gasteiger partial charge in [0, 0.05) is 19.3 Å². The lowest BCUT2D eigenvalue weighted by Gasteiger charge is -2.18. The van der Waals surface area contributed by atoms with E-state index in [4.69, 9.17) is 14.2 Å². The highest BCUT2D eigenvalue weighted by molar-refractivity contribution is 5.71. The predicted octanol–water partition coefficient (Wildman–Crippen LogP) is 19.6. The van der Waals surface area contributed by atoms with Crippen LogP contribution < -0.4 is 0 Å². The highest BCUT2D eigenvalue weighted by Gasteiger charge is 2.19. The number of esters is 3. The molecule has 0 amide bonds. The van der Waals surface area contributed by atoms with Gasteiger partial charge in [0.2, 0.25) is 0 Å². The van der Waals surface area contributed by atoms with Crippen LogP contribution in [0.3, 0.4) is 0 Å². The molecule has 0 N–H and O–H groups in total. The van der Waals surface area contributed by atoms with Gasteiger partial charge in [0.05, 0.1) is 0 Å². The van der Waals surface area contributed by atoms with E-state index in [-0.39, 0.29) is 37.5 Å². The van der Waals surface area contributed by atoms with Crippen molar-refractivity contribution in [2.45, 2.75) is 258 Å². The third-order valence-electron chi connectivity index (χ3n) is 11.9. The van der Waals surface area contributed by atoms with Gasteiger partial charge in [0.1, 0.15) is 13.2 Å². The SMILES string of the molecule is CC/C=C\C/C=C\C/C=C\C/C=C\C/C=C\CCCC(=O)OC(COC(=O)CCCCCCC/C=C\C/C=C\CCC)COC(=O)CCCCCCCCCC/C=C\C/C=C\C/C=C\CCCCCCC. The number of rotatable bonds is 51. The van der Waals surface area contributed by atoms with Crippen LogP contribution in [0, 0.1) is 0 Å². The van der Waals surface area contributed by atoms with Crippen LogP contribution in [-0.2, 0) is 28.6 Å². The molecule has 71 heavy (non-hydrogen) atoms. The summed E-state index contributed by atoms with van der Waals surface area (Å²) in [4.78, 5) is 38.1. The molecule has 0 saturated carbocycles. The summed E-state index contributed by atoms with van der Waals surface area (Å²) in [5.74, 6) is -0.995. The van der Waals surface area contributed by atoms with Crippen molar-refractivity contribution in [3.63, 3.8) is 0 Å². The molecule has 1 unspecified atom stereocenters. The number of hydrogen-bond acceptors (Lipinski definition) is 6. The Bertz CT molecular complexity index is 1500. The molecule has 0 aliphatic carbocycles. The van der Waals surface area contributed by atoms with Crippen molar-refractivity contribution in [1.82, 2.24) is 0 Å². The molecule has 6 heteroatoms. The van der Waals surface area contributed by atoms with E-state index in [1.807, 2.05) is 0 Å². The lowest BCUT2D eigenvalue weighted by Crippen LogP contribution is -2.30. The monoisotopic (exact) mass is 983 g/mol. The maximum absolute atomic E-state index is 12.8. The summed E-state index contributed by atoms with van der Waals surface area (Å²) in [5.41, 5.74) is 0. The maximum atomic E-state index is 12.8. The molecule has 0 aliphatic heterocycles. The Hall–Kier alpha value is -4.19. The average molecular weight is 984 g/mol. The minimum Gasteiger partial charge on any atom is -0.462 e. The molecule has 402 valence electrons. The Balaban J connectivity index is 4.46. The van der Waals surface area contributed by atoms with Crippen LogP contribution in [0.1, 0.15) is 252 Å². The largest absolute Gasteiger partial charge is 0.462 e. The second-order valence-electron chi connectivity index (χ2n) is 18.8. The first kappa shape index (κ1) is 66.8. The maximum Gasteiger partial charge on any atom is 0.306 e. The molecule has 1 atom stereocenters. The highest BCUT2D eigenvalue weighted by atomic mass is 16.6. The van der Waals surface area contributed by atoms with Gasteiger partial charge in [-0.2, -0.15) is 0 Å². The second-order valence-corrected chi connectivity index (χ2v) is 18.8. The minimum absolute atomic E-state index is 0.112. The molecule has 0 spiro atoms. The predicted molar refractivity (Wildman–Crippen MR) is 306 cm³/mol. The number of unbranched alkanes of at least 4 members (excludes halogenated alkanes) is 20. The van der Waals surface area contributed by atoms with E-state index < -0.39 is 6.10 Å². The second kappa shape index (κ2) is 58.4. The molecule has 0 aliphatic rings. The molecule has 0 saturated heterocycles. The van der Waals surface area contributed by atoms with Crippen molar-refractivity contribution in [3.8, 4) is 0 Å². The van der Waals surface area contributed by atoms with Gasteiger partial charge in [-0.3, -0.25) is 14.4 Å². The molecule has 0 aromatic heterocycles. The molecule has 0 radical (unpaired) electrons. The van der Waals surface area contributed by atoms with Crippen molar-refractivity contribution in [2.75, 3.05) is 13.2 Å². The first-order chi connectivity index (χ1) is 35.0. The van der Waals surface area contributed by atoms with Gasteiger partial charge < -0.3 is 14.2 Å². The minimum atomic E-state index is -0.821. The molecule has 0 fully saturated rings. The summed E-state index contributed by atoms with van der Waals surface area (Å²) < 4.78 is 16.8. The van der Waals surface area contributed by atoms with Crippen molar-refractivity contribution in [2.24, 2.45) is 0 Å². The summed E-state index contributed by atoms with van der Waals surface area (Å²) in [6, 6.07) is 0. The summed E-state index contributed by atoms with van der Waals surface area (Å²) in [7, 11) is 0. The molecule has 0 aromatic rings. The third kappa shape index (κ3) is 56.6. The van der Waals surface area contributed by atoms with Crippen LogP contribution in [0.25, 0.3) is 0 Å². The Morgan fingerprint density at radius 3 is 0.958 bits per heavy atom. The van der Waals surface area contributed by atoms with Gasteiger partial charge in [-0.15, -0.1) is 0 Å². The van der Waals surface area contributed by atoms with Crippen LogP contribution in [-0.4, -0.2) is 37.2 Å². The number of hydrogen-bond donors (Lipinski definition) is 0. The topological polar surface area (TPSA) is 78.9 Å². The van der Waals surface area contributed by atoms with Crippen molar-refractivity contribution in [3.05, 3.63) is 122 Å². The fraction of sp³-hybridized carbons (Fsp3) is 0.646. The lowest BCUT2D eigenvalue weighted by molar-refractivity contribution is -0.167. The van der Waals surface area contributed by atoms with Crippen LogP contribution in [0.5, 0.6) is 0 Å². The van der Waals surface area contributed by atoms with Gasteiger partial charge in [-0.05, 0) is 122 Å². The number of allylic oxidation sites excluding steroid dienone is 20. The zero-order valence-electron chi connectivity index (χ0n) is 45.9. The van der Waals surface area contributed by atoms with Gasteiger partial charge in [0.25, 0.3) is 0 Å². The lowest BCUT2D eigenvalue weighted by atomic mass is 10.1. The summed E-state index contributed by atoms with van der Waals surface area (Å²) >= 11 is 0. The smallest absolute Gasteiger partial charge is 0.306 e. The van der Waals surface area contributed by atoms with E-state index in [2.05, 4.69) is 142 Å². The van der Waals surface area contributed by atoms with Crippen LogP contribution in [0.4, 0.5) is 0 Å². The Kier molecular flexibility index (Phi) is 54.9. The fourth-order valence-corrected chi connectivity index (χ4v) is 7.58. The molecule has 0 aromatic carbocycles. The highest BCUT2D eigenvalue weighted by Crippen LogP contribution is 2.14. The number of ether oxygens (including phenoxy) is 3. The van der Waals surface area contributed by atoms with E-state index in [9.17, 15) is 14.4 Å². The zero-order chi connectivity index (χ0) is 51.4. The van der Waals surface area contributed by atoms with Crippen molar-refractivity contribution >= 4 is 17.9 Å². The quantitative estimate of drug-likeness (QED) is 0.0261. The van der Waals surface area contributed by atoms with Crippen LogP contribution in [0.2, 0.25) is 0 Å². The van der Waals surface area contributed by atoms with Crippen molar-refractivity contribution in [1.29, 1.82) is 0 Å². The van der Waals surface area contributed by atoms with Crippen molar-refractivity contribution < 1.29 is 28.6 Å². The Morgan fingerprint density at radius 2 is 0.592 bits per heavy atom. The molecular weight excluding hydrogens is 877 g/mol. The van der Waals surface area contributed by atoms with Gasteiger partial charge in [-0.1, -0.05) is 232 Å². The van der Waals surface area contributed by atoms with Gasteiger partial charge in [-0.25, -0.2) is 0 Å². The third-order valence-corrected chi connectivity index (χ3v) is 11.9. The van der Waals surface area contributed by atoms with Gasteiger partial charge >= 0.3 is 17.9 Å². The van der Waals surface area contributed by atoms with E-state index in [1.54, 1.807) is 0 Å². The molecular formula is C65H106O6. The summed E-state index contributed by atoms with van der Waals surface area (Å²) in [5, 5.41) is 0. The average Bonchev–Trinajstić information content (AvgIpc) is 3.37. The standard InChI is InChI=1S/C65H106O6/c1-4-7-10-13-16-19-22-25-27-29-30-31-32-33-34-36-37-40-43-46-49-52-55-58-64(67)70-61-62(60-69-63(66)57-54-51-48-45-42-39-24-21-18-15-12-9-6-3)71-65(68)59-56-53-50-47-44-41-38-35-28-26-23-20-17-14-11-8-5-2/h8,11-12,15,17,20-22,24-26,28-30,32-33,38,41,47,50,62H,4-7,9-10,13-14,16,18-19,23,27,31,34-37,39-40,42-46,48-49,51-61H2,1-3H3/b11-8-,15-12-,20-17-,24-21-,25-22-,28-26-,30-29-,33-32-,41-38-,50-47-. The summed E-state index contributed by atoms with van der Waals surface area (Å²) in [6.07, 6.45) is 80.5. The Labute approximate surface area is 437 Å². The van der Waals surface area contributed by atoms with E-state index in [0.29, 0.717) is 19.3 Å². The number of carbonyl (C=O) groups excluding carboxylic acids is 3. The van der Waals surface area contributed by atoms with E-state index in [0.717, 1.165) is 128 Å². The van der Waals surface area contributed by atoms with E-state index in [1.165, 1.54) is 77.0 Å². The molecule has 0 rings (SSSR count). The molecule has 6 nitrogen and oxygen atoms in total. The zero-order valence-corrected chi connectivity index (χ0v) is 45.9. The Morgan fingerprint density at radius 1 is 0.296 bits per heavy atom. The normalized spacial score (nSPS) is 13.0. The molecule has 0 heterocycles. The summed E-state index contributed by atoms with van der Waals surface area (Å²) in [6.45, 7) is 6.38.